The second kappa shape index (κ2) is 8.98. The van der Waals surface area contributed by atoms with Gasteiger partial charge in [0.05, 0.1) is 21.8 Å². The van der Waals surface area contributed by atoms with Crippen molar-refractivity contribution in [3.8, 4) is 0 Å². The number of para-hydroxylation sites is 1. The van der Waals surface area contributed by atoms with Crippen molar-refractivity contribution in [1.29, 1.82) is 0 Å². The predicted molar refractivity (Wildman–Crippen MR) is 87.1 cm³/mol. The lowest BCUT2D eigenvalue weighted by atomic mass is 10.2. The zero-order valence-corrected chi connectivity index (χ0v) is 13.9. The third-order valence-corrected chi connectivity index (χ3v) is 4.31. The molecule has 1 aromatic carbocycles. The van der Waals surface area contributed by atoms with Gasteiger partial charge in [-0.1, -0.05) is 12.1 Å². The molecule has 0 spiro atoms. The van der Waals surface area contributed by atoms with Crippen molar-refractivity contribution in [1.82, 2.24) is 10.3 Å². The molecular weight excluding hydrogens is 341 g/mol. The van der Waals surface area contributed by atoms with Crippen LogP contribution in [0.25, 0.3) is 10.2 Å². The maximum absolute atomic E-state index is 11.8. The molecule has 132 valence electrons. The van der Waals surface area contributed by atoms with E-state index in [1.54, 1.807) is 11.3 Å². The molecule has 0 aliphatic rings. The monoisotopic (exact) mass is 360 g/mol. The fourth-order valence-corrected chi connectivity index (χ4v) is 3.14. The van der Waals surface area contributed by atoms with Crippen molar-refractivity contribution in [2.45, 2.75) is 31.9 Å². The first kappa shape index (κ1) is 18.7. The van der Waals surface area contributed by atoms with E-state index >= 15 is 0 Å². The van der Waals surface area contributed by atoms with Gasteiger partial charge in [-0.05, 0) is 31.4 Å². The van der Waals surface area contributed by atoms with E-state index in [4.69, 9.17) is 0 Å². The molecule has 1 N–H and O–H groups in total. The fraction of sp³-hybridized carbons (Fsp3) is 0.500. The fourth-order valence-electron chi connectivity index (χ4n) is 2.13. The van der Waals surface area contributed by atoms with Crippen LogP contribution < -0.4 is 5.32 Å². The van der Waals surface area contributed by atoms with E-state index in [1.807, 2.05) is 24.3 Å². The molecule has 0 radical (unpaired) electrons. The molecule has 2 rings (SSSR count). The first-order valence-electron chi connectivity index (χ1n) is 7.70. The largest absolute Gasteiger partial charge is 0.411 e. The zero-order valence-electron chi connectivity index (χ0n) is 13.1. The highest BCUT2D eigenvalue weighted by Crippen LogP contribution is 2.22. The second-order valence-corrected chi connectivity index (χ2v) is 6.42. The van der Waals surface area contributed by atoms with Crippen molar-refractivity contribution < 1.29 is 22.7 Å². The first-order valence-corrected chi connectivity index (χ1v) is 8.51. The number of amides is 1. The number of hydrogen-bond acceptors (Lipinski definition) is 4. The van der Waals surface area contributed by atoms with Gasteiger partial charge in [0.2, 0.25) is 5.91 Å². The quantitative estimate of drug-likeness (QED) is 0.694. The average Bonchev–Trinajstić information content (AvgIpc) is 2.93. The third-order valence-electron chi connectivity index (χ3n) is 3.22. The van der Waals surface area contributed by atoms with E-state index < -0.39 is 12.8 Å². The summed E-state index contributed by atoms with van der Waals surface area (Å²) in [5.41, 5.74) is 0.995. The lowest BCUT2D eigenvalue weighted by molar-refractivity contribution is -0.173. The third kappa shape index (κ3) is 6.84. The average molecular weight is 360 g/mol. The van der Waals surface area contributed by atoms with Crippen LogP contribution in [0.4, 0.5) is 13.2 Å². The van der Waals surface area contributed by atoms with Crippen LogP contribution in [0, 0.1) is 0 Å². The maximum atomic E-state index is 11.8. The van der Waals surface area contributed by atoms with Crippen molar-refractivity contribution >= 4 is 27.5 Å². The Labute approximate surface area is 142 Å². The number of rotatable bonds is 9. The highest BCUT2D eigenvalue weighted by molar-refractivity contribution is 7.18. The topological polar surface area (TPSA) is 51.2 Å². The number of carbonyl (C=O) groups is 1. The minimum atomic E-state index is -4.33. The van der Waals surface area contributed by atoms with Gasteiger partial charge in [0, 0.05) is 13.0 Å². The summed E-state index contributed by atoms with van der Waals surface area (Å²) >= 11 is 1.66. The number of thiazole rings is 1. The summed E-state index contributed by atoms with van der Waals surface area (Å²) in [5, 5.41) is 3.60. The number of unbranched alkanes of at least 4 members (excludes halogenated alkanes) is 1. The van der Waals surface area contributed by atoms with Gasteiger partial charge in [0.15, 0.2) is 0 Å². The van der Waals surface area contributed by atoms with E-state index in [9.17, 15) is 18.0 Å². The lowest BCUT2D eigenvalue weighted by Crippen LogP contribution is -2.28. The van der Waals surface area contributed by atoms with Crippen LogP contribution in [-0.2, 0) is 16.0 Å². The van der Waals surface area contributed by atoms with E-state index in [-0.39, 0.29) is 19.1 Å². The van der Waals surface area contributed by atoms with Crippen LogP contribution in [0.15, 0.2) is 24.3 Å². The molecule has 8 heteroatoms. The number of fused-ring (bicyclic) bond motifs is 1. The molecule has 0 aliphatic heterocycles. The minimum Gasteiger partial charge on any atom is -0.370 e. The van der Waals surface area contributed by atoms with Gasteiger partial charge in [0.1, 0.15) is 6.61 Å². The number of benzene rings is 1. The number of halogens is 3. The molecule has 1 aromatic heterocycles. The number of alkyl halides is 3. The Bertz CT molecular complexity index is 625. The molecule has 0 bridgehead atoms. The summed E-state index contributed by atoms with van der Waals surface area (Å²) in [6.07, 6.45) is -1.60. The number of aryl methyl sites for hydroxylation is 1. The number of nitrogens with one attached hydrogen (secondary N) is 1. The Morgan fingerprint density at radius 2 is 2.04 bits per heavy atom. The smallest absolute Gasteiger partial charge is 0.370 e. The predicted octanol–water partition coefficient (Wildman–Crippen LogP) is 3.70. The summed E-state index contributed by atoms with van der Waals surface area (Å²) in [4.78, 5) is 16.1. The molecule has 0 aliphatic carbocycles. The highest BCUT2D eigenvalue weighted by Gasteiger charge is 2.27. The number of aromatic nitrogens is 1. The van der Waals surface area contributed by atoms with E-state index in [1.165, 1.54) is 0 Å². The first-order chi connectivity index (χ1) is 11.4. The van der Waals surface area contributed by atoms with Crippen LogP contribution in [0.2, 0.25) is 0 Å². The van der Waals surface area contributed by atoms with Crippen molar-refractivity contribution in [3.05, 3.63) is 29.3 Å². The van der Waals surface area contributed by atoms with Crippen LogP contribution in [0.5, 0.6) is 0 Å². The van der Waals surface area contributed by atoms with Crippen LogP contribution in [0.1, 0.15) is 24.3 Å². The standard InChI is InChI=1S/C16H19F3N2O2S/c17-16(18,19)11-23-10-9-20-14(22)7-3-4-8-15-21-12-5-1-2-6-13(12)24-15/h1-2,5-6H,3-4,7-11H2,(H,20,22). The second-order valence-electron chi connectivity index (χ2n) is 5.30. The molecule has 0 unspecified atom stereocenters. The molecule has 0 atom stereocenters. The SMILES string of the molecule is O=C(CCCCc1nc2ccccc2s1)NCCOCC(F)(F)F. The number of carbonyl (C=O) groups excluding carboxylic acids is 1. The molecule has 24 heavy (non-hydrogen) atoms. The van der Waals surface area contributed by atoms with Crippen molar-refractivity contribution in [2.75, 3.05) is 19.8 Å². The number of ether oxygens (including phenoxy) is 1. The summed E-state index contributed by atoms with van der Waals surface area (Å²) in [6.45, 7) is -1.34. The van der Waals surface area contributed by atoms with Gasteiger partial charge >= 0.3 is 6.18 Å². The Balaban J connectivity index is 1.54. The van der Waals surface area contributed by atoms with Gasteiger partial charge in [-0.15, -0.1) is 11.3 Å². The Hall–Kier alpha value is -1.67. The molecule has 1 heterocycles. The van der Waals surface area contributed by atoms with Gasteiger partial charge < -0.3 is 10.1 Å². The number of nitrogens with zero attached hydrogens (tertiary/aromatic N) is 1. The molecule has 0 saturated carbocycles. The Kier molecular flexibility index (Phi) is 6.99. The molecule has 0 saturated heterocycles. The summed E-state index contributed by atoms with van der Waals surface area (Å²) in [6, 6.07) is 7.94. The molecular formula is C16H19F3N2O2S. The molecule has 2 aromatic rings. The Morgan fingerprint density at radius 3 is 2.79 bits per heavy atom. The summed E-state index contributed by atoms with van der Waals surface area (Å²) in [5.74, 6) is -0.171. The maximum Gasteiger partial charge on any atom is 0.411 e. The van der Waals surface area contributed by atoms with Crippen LogP contribution >= 0.6 is 11.3 Å². The molecule has 1 amide bonds. The van der Waals surface area contributed by atoms with Gasteiger partial charge in [0.25, 0.3) is 0 Å². The summed E-state index contributed by atoms with van der Waals surface area (Å²) in [7, 11) is 0. The highest BCUT2D eigenvalue weighted by atomic mass is 32.1. The van der Waals surface area contributed by atoms with E-state index in [0.717, 1.165) is 28.1 Å². The minimum absolute atomic E-state index is 0.0901. The van der Waals surface area contributed by atoms with Crippen LogP contribution in [-0.4, -0.2) is 36.8 Å². The summed E-state index contributed by atoms with van der Waals surface area (Å²) < 4.78 is 41.1. The lowest BCUT2D eigenvalue weighted by Gasteiger charge is -2.08. The van der Waals surface area contributed by atoms with Gasteiger partial charge in [-0.25, -0.2) is 4.98 Å². The van der Waals surface area contributed by atoms with Crippen molar-refractivity contribution in [2.24, 2.45) is 0 Å². The van der Waals surface area contributed by atoms with Gasteiger partial charge in [-0.3, -0.25) is 4.79 Å². The Morgan fingerprint density at radius 1 is 1.25 bits per heavy atom. The number of hydrogen-bond donors (Lipinski definition) is 1. The van der Waals surface area contributed by atoms with Crippen LogP contribution in [0.3, 0.4) is 0 Å². The molecule has 0 fully saturated rings. The van der Waals surface area contributed by atoms with Gasteiger partial charge in [-0.2, -0.15) is 13.2 Å². The van der Waals surface area contributed by atoms with E-state index in [2.05, 4.69) is 15.0 Å². The van der Waals surface area contributed by atoms with E-state index in [0.29, 0.717) is 12.8 Å². The van der Waals surface area contributed by atoms with Crippen molar-refractivity contribution in [3.63, 3.8) is 0 Å². The normalized spacial score (nSPS) is 11.8. The zero-order chi connectivity index (χ0) is 17.4. The molecule has 4 nitrogen and oxygen atoms in total.